The predicted molar refractivity (Wildman–Crippen MR) is 88.4 cm³/mol. The Kier molecular flexibility index (Phi) is 2.40. The summed E-state index contributed by atoms with van der Waals surface area (Å²) >= 11 is 0. The van der Waals surface area contributed by atoms with Crippen molar-refractivity contribution in [2.24, 2.45) is 0 Å². The van der Waals surface area contributed by atoms with Crippen molar-refractivity contribution in [1.82, 2.24) is 0 Å². The average molecular weight is 285 g/mol. The lowest BCUT2D eigenvalue weighted by Crippen LogP contribution is -2.33. The normalized spacial score (nSPS) is 18.6. The van der Waals surface area contributed by atoms with Crippen LogP contribution in [-0.4, -0.2) is 42.3 Å². The molecule has 0 fully saturated rings. The van der Waals surface area contributed by atoms with Crippen LogP contribution >= 0.6 is 0 Å². The Bertz CT molecular complexity index is 537. The fourth-order valence-electron chi connectivity index (χ4n) is 3.24. The third kappa shape index (κ3) is 1.41. The maximum Gasteiger partial charge on any atom is 0.479 e. The molecule has 0 bridgehead atoms. The molecule has 0 aliphatic carbocycles. The zero-order valence-corrected chi connectivity index (χ0v) is 13.3. The second-order valence-corrected chi connectivity index (χ2v) is 6.02. The molecule has 108 valence electrons. The fourth-order valence-corrected chi connectivity index (χ4v) is 3.24. The molecule has 6 nitrogen and oxygen atoms in total. The van der Waals surface area contributed by atoms with Crippen LogP contribution in [0.5, 0.6) is 17.2 Å². The summed E-state index contributed by atoms with van der Waals surface area (Å²) < 4.78 is 18.2. The van der Waals surface area contributed by atoms with Gasteiger partial charge in [0.2, 0.25) is 0 Å². The monoisotopic (exact) mass is 285 g/mol. The first-order valence-electron chi connectivity index (χ1n) is 7.34. The molecule has 0 spiro atoms. The van der Waals surface area contributed by atoms with Gasteiger partial charge in [0.05, 0.1) is 0 Å². The highest BCUT2D eigenvalue weighted by Gasteiger charge is 2.48. The summed E-state index contributed by atoms with van der Waals surface area (Å²) in [6.45, 7) is 6.13. The quantitative estimate of drug-likeness (QED) is 0.673. The van der Waals surface area contributed by atoms with E-state index in [0.717, 1.165) is 34.3 Å². The second kappa shape index (κ2) is 3.90. The molecule has 0 radical (unpaired) electrons. The van der Waals surface area contributed by atoms with Crippen molar-refractivity contribution in [3.63, 3.8) is 0 Å². The van der Waals surface area contributed by atoms with Crippen molar-refractivity contribution in [2.75, 3.05) is 35.6 Å². The molecule has 0 unspecified atom stereocenters. The van der Waals surface area contributed by atoms with E-state index in [1.165, 1.54) is 0 Å². The molecule has 0 amide bonds. The summed E-state index contributed by atoms with van der Waals surface area (Å²) in [6.07, 6.45) is 0. The maximum absolute atomic E-state index is 6.08. The van der Waals surface area contributed by atoms with Gasteiger partial charge in [0, 0.05) is 0 Å². The number of benzene rings is 1. The Morgan fingerprint density at radius 2 is 0.810 bits per heavy atom. The van der Waals surface area contributed by atoms with Gasteiger partial charge < -0.3 is 28.4 Å². The van der Waals surface area contributed by atoms with E-state index in [4.69, 9.17) is 14.0 Å². The van der Waals surface area contributed by atoms with E-state index in [9.17, 15) is 0 Å². The smallest absolute Gasteiger partial charge is 0.479 e. The van der Waals surface area contributed by atoms with Crippen LogP contribution in [0.15, 0.2) is 0 Å². The fraction of sp³-hybridized carbons (Fsp3) is 0.500. The van der Waals surface area contributed by atoms with Crippen LogP contribution in [0.3, 0.4) is 0 Å². The first-order valence-corrected chi connectivity index (χ1v) is 7.34. The Morgan fingerprint density at radius 3 is 1.05 bits per heavy atom. The zero-order chi connectivity index (χ0) is 15.0. The summed E-state index contributed by atoms with van der Waals surface area (Å²) in [5.41, 5.74) is 3.08. The number of nitrogens with zero attached hydrogens (tertiary/aromatic N) is 3. The van der Waals surface area contributed by atoms with Crippen LogP contribution in [0.2, 0.25) is 20.5 Å². The van der Waals surface area contributed by atoms with Gasteiger partial charge in [-0.1, -0.05) is 0 Å². The minimum Gasteiger partial charge on any atom is -0.538 e. The van der Waals surface area contributed by atoms with E-state index in [-0.39, 0.29) is 21.2 Å². The highest BCUT2D eigenvalue weighted by Crippen LogP contribution is 2.63. The molecule has 0 N–H and O–H groups in total. The molecule has 1 aromatic rings. The van der Waals surface area contributed by atoms with Crippen LogP contribution in [0.1, 0.15) is 0 Å². The molecule has 4 rings (SSSR count). The van der Waals surface area contributed by atoms with E-state index < -0.39 is 0 Å². The van der Waals surface area contributed by atoms with Gasteiger partial charge in [-0.3, -0.25) is 0 Å². The molecule has 9 heteroatoms. The Balaban J connectivity index is 2.04. The highest BCUT2D eigenvalue weighted by molar-refractivity contribution is 6.63. The van der Waals surface area contributed by atoms with E-state index >= 15 is 0 Å². The number of hydrogen-bond acceptors (Lipinski definition) is 6. The first kappa shape index (κ1) is 12.9. The summed E-state index contributed by atoms with van der Waals surface area (Å²) in [7, 11) is 6.08. The predicted octanol–water partition coefficient (Wildman–Crippen LogP) is 1.53. The van der Waals surface area contributed by atoms with Gasteiger partial charge in [-0.15, -0.1) is 0 Å². The van der Waals surface area contributed by atoms with Crippen molar-refractivity contribution < 1.29 is 14.0 Å². The number of rotatable bonds is 0. The van der Waals surface area contributed by atoms with Crippen molar-refractivity contribution in [1.29, 1.82) is 0 Å². The molecular formula is C12H18B3N3O3. The molecule has 0 saturated carbocycles. The van der Waals surface area contributed by atoms with Gasteiger partial charge in [0.25, 0.3) is 0 Å². The van der Waals surface area contributed by atoms with Crippen molar-refractivity contribution >= 4 is 38.2 Å². The average Bonchev–Trinajstić information content (AvgIpc) is 2.99. The zero-order valence-electron chi connectivity index (χ0n) is 13.3. The van der Waals surface area contributed by atoms with Crippen LogP contribution in [0.25, 0.3) is 0 Å². The molecule has 3 aliphatic rings. The summed E-state index contributed by atoms with van der Waals surface area (Å²) in [5.74, 6) is 2.61. The van der Waals surface area contributed by atoms with Crippen LogP contribution in [-0.2, 0) is 0 Å². The molecule has 21 heavy (non-hydrogen) atoms. The molecular weight excluding hydrogens is 267 g/mol. The van der Waals surface area contributed by atoms with E-state index in [0.29, 0.717) is 0 Å². The summed E-state index contributed by atoms with van der Waals surface area (Å²) in [6, 6.07) is 0. The topological polar surface area (TPSA) is 37.4 Å². The minimum absolute atomic E-state index is 0.00952. The van der Waals surface area contributed by atoms with Gasteiger partial charge in [-0.2, -0.15) is 0 Å². The van der Waals surface area contributed by atoms with Gasteiger partial charge in [0.15, 0.2) is 17.2 Å². The molecule has 0 aromatic heterocycles. The third-order valence-electron chi connectivity index (χ3n) is 4.85. The Hall–Kier alpha value is -1.79. The van der Waals surface area contributed by atoms with Gasteiger partial charge in [0.1, 0.15) is 17.1 Å². The van der Waals surface area contributed by atoms with Gasteiger partial charge >= 0.3 is 21.2 Å². The van der Waals surface area contributed by atoms with Crippen molar-refractivity contribution in [3.05, 3.63) is 0 Å². The van der Waals surface area contributed by atoms with E-state index in [1.807, 2.05) is 41.6 Å². The number of hydrogen-bond donors (Lipinski definition) is 0. The standard InChI is InChI=1S/C12H18B3N3O3/c1-13-16(4)7-10(19-13)8-12(21-14(2)17(8)5)9-11(7)20-15(3)18(9)6/h1-6H3. The molecule has 1 aromatic carbocycles. The number of anilines is 3. The molecule has 3 heterocycles. The van der Waals surface area contributed by atoms with Crippen LogP contribution in [0.4, 0.5) is 17.1 Å². The largest absolute Gasteiger partial charge is 0.538 e. The SMILES string of the molecule is CB1Oc2c(c3c(c4c2N(C)B(C)O4)N(C)B(C)O3)N1C. The Morgan fingerprint density at radius 1 is 0.571 bits per heavy atom. The van der Waals surface area contributed by atoms with Gasteiger partial charge in [-0.25, -0.2) is 0 Å². The van der Waals surface area contributed by atoms with Crippen LogP contribution < -0.4 is 28.4 Å². The lowest BCUT2D eigenvalue weighted by Gasteiger charge is -2.19. The maximum atomic E-state index is 6.08. The Labute approximate surface area is 126 Å². The minimum atomic E-state index is -0.00952. The van der Waals surface area contributed by atoms with Crippen LogP contribution in [0, 0.1) is 0 Å². The highest BCUT2D eigenvalue weighted by atomic mass is 16.5. The lowest BCUT2D eigenvalue weighted by atomic mass is 9.86. The molecule has 0 saturated heterocycles. The molecule has 3 aliphatic heterocycles. The first-order chi connectivity index (χ1) is 9.91. The van der Waals surface area contributed by atoms with Crippen molar-refractivity contribution in [2.45, 2.75) is 20.5 Å². The molecule has 0 atom stereocenters. The number of fused-ring (bicyclic) bond motifs is 6. The van der Waals surface area contributed by atoms with Gasteiger partial charge in [-0.05, 0) is 41.6 Å². The summed E-state index contributed by atoms with van der Waals surface area (Å²) in [5, 5.41) is 0. The second-order valence-electron chi connectivity index (χ2n) is 6.02. The van der Waals surface area contributed by atoms with E-state index in [2.05, 4.69) is 14.4 Å². The third-order valence-corrected chi connectivity index (χ3v) is 4.85. The van der Waals surface area contributed by atoms with Crippen molar-refractivity contribution in [3.8, 4) is 17.2 Å². The van der Waals surface area contributed by atoms with E-state index in [1.54, 1.807) is 0 Å². The summed E-state index contributed by atoms with van der Waals surface area (Å²) in [4.78, 5) is 6.37. The lowest BCUT2D eigenvalue weighted by molar-refractivity contribution is 0.573.